The molecule has 0 aliphatic carbocycles. The Bertz CT molecular complexity index is 494. The number of benzene rings is 2. The number of nitrogens with one attached hydrogen (secondary N) is 1. The van der Waals surface area contributed by atoms with Crippen molar-refractivity contribution in [3.05, 3.63) is 64.6 Å². The van der Waals surface area contributed by atoms with Crippen LogP contribution in [0.1, 0.15) is 12.5 Å². The lowest BCUT2D eigenvalue weighted by Crippen LogP contribution is -2.30. The summed E-state index contributed by atoms with van der Waals surface area (Å²) < 4.78 is 1.04. The van der Waals surface area contributed by atoms with E-state index in [-0.39, 0.29) is 0 Å². The summed E-state index contributed by atoms with van der Waals surface area (Å²) in [6, 6.07) is 17.6. The van der Waals surface area contributed by atoms with E-state index in [0.717, 1.165) is 15.7 Å². The number of aliphatic hydroxyl groups is 1. The average Bonchev–Trinajstić information content (AvgIpc) is 2.39. The van der Waals surface area contributed by atoms with Gasteiger partial charge in [0.15, 0.2) is 0 Å². The Morgan fingerprint density at radius 3 is 2.28 bits per heavy atom. The molecule has 0 fully saturated rings. The fraction of sp³-hybridized carbons (Fsp3) is 0.200. The van der Waals surface area contributed by atoms with Gasteiger partial charge in [-0.05, 0) is 36.8 Å². The van der Waals surface area contributed by atoms with E-state index in [2.05, 4.69) is 21.2 Å². The fourth-order valence-corrected chi connectivity index (χ4v) is 2.01. The molecule has 2 N–H and O–H groups in total. The van der Waals surface area contributed by atoms with E-state index >= 15 is 0 Å². The van der Waals surface area contributed by atoms with Crippen molar-refractivity contribution >= 4 is 21.6 Å². The maximum atomic E-state index is 10.4. The van der Waals surface area contributed by atoms with Gasteiger partial charge in [0.05, 0.1) is 0 Å². The number of rotatable bonds is 4. The lowest BCUT2D eigenvalue weighted by Gasteiger charge is -2.24. The minimum Gasteiger partial charge on any atom is -0.384 e. The van der Waals surface area contributed by atoms with Gasteiger partial charge in [-0.3, -0.25) is 0 Å². The Labute approximate surface area is 116 Å². The first kappa shape index (κ1) is 13.1. The standard InChI is InChI=1S/C15H16BrNO/c1-15(18,12-5-3-2-4-6-12)11-17-14-9-7-13(16)8-10-14/h2-10,17-18H,11H2,1H3. The van der Waals surface area contributed by atoms with E-state index < -0.39 is 5.60 Å². The minimum atomic E-state index is -0.881. The van der Waals surface area contributed by atoms with Gasteiger partial charge in [0.25, 0.3) is 0 Å². The maximum Gasteiger partial charge on any atom is 0.104 e. The van der Waals surface area contributed by atoms with Gasteiger partial charge in [-0.25, -0.2) is 0 Å². The molecule has 0 radical (unpaired) electrons. The van der Waals surface area contributed by atoms with E-state index in [1.165, 1.54) is 0 Å². The molecule has 0 aliphatic heterocycles. The van der Waals surface area contributed by atoms with Gasteiger partial charge in [0.1, 0.15) is 5.60 Å². The molecule has 18 heavy (non-hydrogen) atoms. The molecule has 0 amide bonds. The van der Waals surface area contributed by atoms with E-state index in [1.807, 2.05) is 61.5 Å². The van der Waals surface area contributed by atoms with Crippen molar-refractivity contribution in [1.82, 2.24) is 0 Å². The second-order valence-electron chi connectivity index (χ2n) is 4.50. The van der Waals surface area contributed by atoms with Crippen molar-refractivity contribution in [2.24, 2.45) is 0 Å². The summed E-state index contributed by atoms with van der Waals surface area (Å²) in [5, 5.41) is 13.7. The van der Waals surface area contributed by atoms with Crippen molar-refractivity contribution in [2.75, 3.05) is 11.9 Å². The maximum absolute atomic E-state index is 10.4. The second-order valence-corrected chi connectivity index (χ2v) is 5.42. The molecule has 0 aromatic heterocycles. The summed E-state index contributed by atoms with van der Waals surface area (Å²) in [6.07, 6.45) is 0. The third-order valence-electron chi connectivity index (χ3n) is 2.88. The van der Waals surface area contributed by atoms with Gasteiger partial charge in [-0.2, -0.15) is 0 Å². The highest BCUT2D eigenvalue weighted by atomic mass is 79.9. The zero-order chi connectivity index (χ0) is 13.0. The molecular formula is C15H16BrNO. The van der Waals surface area contributed by atoms with Crippen LogP contribution in [0.4, 0.5) is 5.69 Å². The summed E-state index contributed by atoms with van der Waals surface area (Å²) in [4.78, 5) is 0. The molecule has 0 heterocycles. The molecule has 0 bridgehead atoms. The number of anilines is 1. The van der Waals surface area contributed by atoms with E-state index in [0.29, 0.717) is 6.54 Å². The van der Waals surface area contributed by atoms with Gasteiger partial charge in [0.2, 0.25) is 0 Å². The first-order valence-electron chi connectivity index (χ1n) is 5.85. The fourth-order valence-electron chi connectivity index (χ4n) is 1.74. The highest BCUT2D eigenvalue weighted by Crippen LogP contribution is 2.21. The van der Waals surface area contributed by atoms with Crippen LogP contribution in [0.25, 0.3) is 0 Å². The van der Waals surface area contributed by atoms with Crippen molar-refractivity contribution in [2.45, 2.75) is 12.5 Å². The second kappa shape index (κ2) is 5.55. The lowest BCUT2D eigenvalue weighted by molar-refractivity contribution is 0.0715. The van der Waals surface area contributed by atoms with Crippen LogP contribution in [0, 0.1) is 0 Å². The SMILES string of the molecule is CC(O)(CNc1ccc(Br)cc1)c1ccccc1. The Morgan fingerprint density at radius 1 is 1.06 bits per heavy atom. The summed E-state index contributed by atoms with van der Waals surface area (Å²) in [7, 11) is 0. The Kier molecular flexibility index (Phi) is 4.04. The molecule has 2 aromatic carbocycles. The van der Waals surface area contributed by atoms with Crippen LogP contribution in [0.3, 0.4) is 0 Å². The third-order valence-corrected chi connectivity index (χ3v) is 3.41. The quantitative estimate of drug-likeness (QED) is 0.901. The molecule has 2 rings (SSSR count). The normalized spacial score (nSPS) is 13.9. The monoisotopic (exact) mass is 305 g/mol. The Hall–Kier alpha value is -1.32. The van der Waals surface area contributed by atoms with Crippen molar-refractivity contribution in [3.63, 3.8) is 0 Å². The van der Waals surface area contributed by atoms with Crippen molar-refractivity contribution in [1.29, 1.82) is 0 Å². The van der Waals surface area contributed by atoms with Gasteiger partial charge >= 0.3 is 0 Å². The van der Waals surface area contributed by atoms with Crippen LogP contribution in [0.2, 0.25) is 0 Å². The topological polar surface area (TPSA) is 32.3 Å². The van der Waals surface area contributed by atoms with Crippen LogP contribution < -0.4 is 5.32 Å². The van der Waals surface area contributed by atoms with E-state index in [1.54, 1.807) is 0 Å². The molecule has 0 saturated carbocycles. The number of hydrogen-bond donors (Lipinski definition) is 2. The average molecular weight is 306 g/mol. The third kappa shape index (κ3) is 3.34. The van der Waals surface area contributed by atoms with E-state index in [9.17, 15) is 5.11 Å². The summed E-state index contributed by atoms with van der Waals surface area (Å²) in [5.41, 5.74) is 1.03. The Morgan fingerprint density at radius 2 is 1.67 bits per heavy atom. The van der Waals surface area contributed by atoms with Crippen LogP contribution in [-0.4, -0.2) is 11.7 Å². The largest absolute Gasteiger partial charge is 0.384 e. The first-order valence-corrected chi connectivity index (χ1v) is 6.64. The summed E-state index contributed by atoms with van der Waals surface area (Å²) in [6.45, 7) is 2.28. The molecule has 0 aliphatic rings. The van der Waals surface area contributed by atoms with Gasteiger partial charge < -0.3 is 10.4 Å². The lowest BCUT2D eigenvalue weighted by atomic mass is 9.96. The van der Waals surface area contributed by atoms with Crippen LogP contribution >= 0.6 is 15.9 Å². The van der Waals surface area contributed by atoms with Crippen LogP contribution in [0.15, 0.2) is 59.1 Å². The molecule has 1 atom stereocenters. The van der Waals surface area contributed by atoms with Gasteiger partial charge in [-0.15, -0.1) is 0 Å². The predicted molar refractivity (Wildman–Crippen MR) is 78.6 cm³/mol. The van der Waals surface area contributed by atoms with Crippen molar-refractivity contribution < 1.29 is 5.11 Å². The smallest absolute Gasteiger partial charge is 0.104 e. The van der Waals surface area contributed by atoms with Crippen LogP contribution in [0.5, 0.6) is 0 Å². The molecule has 94 valence electrons. The van der Waals surface area contributed by atoms with Crippen LogP contribution in [-0.2, 0) is 5.60 Å². The summed E-state index contributed by atoms with van der Waals surface area (Å²) >= 11 is 3.40. The highest BCUT2D eigenvalue weighted by Gasteiger charge is 2.22. The Balaban J connectivity index is 2.03. The minimum absolute atomic E-state index is 0.471. The summed E-state index contributed by atoms with van der Waals surface area (Å²) in [5.74, 6) is 0. The number of halogens is 1. The zero-order valence-electron chi connectivity index (χ0n) is 10.2. The predicted octanol–water partition coefficient (Wildman–Crippen LogP) is 3.77. The molecule has 2 aromatic rings. The van der Waals surface area contributed by atoms with Crippen molar-refractivity contribution in [3.8, 4) is 0 Å². The molecule has 3 heteroatoms. The van der Waals surface area contributed by atoms with Gasteiger partial charge in [0, 0.05) is 16.7 Å². The van der Waals surface area contributed by atoms with E-state index in [4.69, 9.17) is 0 Å². The molecular weight excluding hydrogens is 290 g/mol. The molecule has 2 nitrogen and oxygen atoms in total. The molecule has 0 spiro atoms. The first-order chi connectivity index (χ1) is 8.58. The zero-order valence-corrected chi connectivity index (χ0v) is 11.8. The molecule has 0 saturated heterocycles. The molecule has 1 unspecified atom stereocenters. The highest BCUT2D eigenvalue weighted by molar-refractivity contribution is 9.10. The van der Waals surface area contributed by atoms with Gasteiger partial charge in [-0.1, -0.05) is 46.3 Å². The number of hydrogen-bond acceptors (Lipinski definition) is 2.